The lowest BCUT2D eigenvalue weighted by atomic mass is 10.0. The number of carbonyl (C=O) groups excluding carboxylic acids is 1. The monoisotopic (exact) mass is 289 g/mol. The first-order valence-electron chi connectivity index (χ1n) is 6.34. The van der Waals surface area contributed by atoms with E-state index in [2.05, 4.69) is 4.98 Å². The van der Waals surface area contributed by atoms with Gasteiger partial charge in [0.1, 0.15) is 11.5 Å². The number of rotatable bonds is 4. The van der Waals surface area contributed by atoms with Crippen molar-refractivity contribution < 1.29 is 19.4 Å². The van der Waals surface area contributed by atoms with Crippen molar-refractivity contribution >= 4 is 5.97 Å². The van der Waals surface area contributed by atoms with Gasteiger partial charge in [-0.3, -0.25) is 4.79 Å². The molecule has 0 radical (unpaired) electrons. The number of ether oxygens (including phenoxy) is 2. The number of benzene rings is 1. The van der Waals surface area contributed by atoms with Gasteiger partial charge in [-0.2, -0.15) is 0 Å². The van der Waals surface area contributed by atoms with Gasteiger partial charge < -0.3 is 19.6 Å². The normalized spacial score (nSPS) is 10.2. The maximum atomic E-state index is 11.9. The molecular weight excluding hydrogens is 274 g/mol. The van der Waals surface area contributed by atoms with Crippen molar-refractivity contribution in [2.75, 3.05) is 13.7 Å². The third kappa shape index (κ3) is 2.89. The molecule has 0 bridgehead atoms. The highest BCUT2D eigenvalue weighted by Crippen LogP contribution is 2.31. The van der Waals surface area contributed by atoms with Crippen molar-refractivity contribution in [2.45, 2.75) is 6.92 Å². The van der Waals surface area contributed by atoms with E-state index in [0.717, 1.165) is 0 Å². The Kier molecular flexibility index (Phi) is 4.27. The molecule has 0 saturated carbocycles. The van der Waals surface area contributed by atoms with Crippen LogP contribution in [0.3, 0.4) is 0 Å². The van der Waals surface area contributed by atoms with E-state index in [1.54, 1.807) is 19.1 Å². The standard InChI is InChI=1S/C15H15NO5/c1-3-21-15(19)12-13(20-2)11(8-16-14(12)18)9-4-6-10(17)7-5-9/h4-8,17H,3H2,1-2H3,(H,16,18). The van der Waals surface area contributed by atoms with Crippen LogP contribution in [0, 0.1) is 0 Å². The van der Waals surface area contributed by atoms with Crippen molar-refractivity contribution in [3.63, 3.8) is 0 Å². The van der Waals surface area contributed by atoms with Crippen LogP contribution in [-0.2, 0) is 4.74 Å². The predicted octanol–water partition coefficient (Wildman–Crippen LogP) is 1.93. The molecule has 0 atom stereocenters. The number of phenols is 1. The number of nitrogens with one attached hydrogen (secondary N) is 1. The minimum absolute atomic E-state index is 0.118. The van der Waals surface area contributed by atoms with Crippen molar-refractivity contribution in [2.24, 2.45) is 0 Å². The number of aromatic amines is 1. The number of aromatic hydroxyl groups is 1. The molecule has 21 heavy (non-hydrogen) atoms. The van der Waals surface area contributed by atoms with E-state index < -0.39 is 11.5 Å². The Morgan fingerprint density at radius 3 is 2.52 bits per heavy atom. The van der Waals surface area contributed by atoms with Crippen LogP contribution in [0.2, 0.25) is 0 Å². The van der Waals surface area contributed by atoms with Gasteiger partial charge in [0.05, 0.1) is 13.7 Å². The molecule has 0 aliphatic rings. The van der Waals surface area contributed by atoms with Crippen LogP contribution in [0.5, 0.6) is 11.5 Å². The molecule has 0 aliphatic heterocycles. The van der Waals surface area contributed by atoms with Gasteiger partial charge in [-0.25, -0.2) is 4.79 Å². The molecule has 2 aromatic rings. The maximum Gasteiger partial charge on any atom is 0.347 e. The topological polar surface area (TPSA) is 88.6 Å². The summed E-state index contributed by atoms with van der Waals surface area (Å²) in [4.78, 5) is 26.3. The van der Waals surface area contributed by atoms with Crippen LogP contribution in [0.1, 0.15) is 17.3 Å². The fourth-order valence-corrected chi connectivity index (χ4v) is 1.97. The largest absolute Gasteiger partial charge is 0.508 e. The van der Waals surface area contributed by atoms with E-state index >= 15 is 0 Å². The van der Waals surface area contributed by atoms with Crippen LogP contribution in [0.15, 0.2) is 35.3 Å². The Morgan fingerprint density at radius 2 is 1.95 bits per heavy atom. The quantitative estimate of drug-likeness (QED) is 0.840. The Balaban J connectivity index is 2.63. The molecule has 110 valence electrons. The van der Waals surface area contributed by atoms with Gasteiger partial charge in [0.15, 0.2) is 5.56 Å². The smallest absolute Gasteiger partial charge is 0.347 e. The molecule has 0 amide bonds. The summed E-state index contributed by atoms with van der Waals surface area (Å²) in [6, 6.07) is 6.31. The highest BCUT2D eigenvalue weighted by Gasteiger charge is 2.22. The third-order valence-corrected chi connectivity index (χ3v) is 2.91. The summed E-state index contributed by atoms with van der Waals surface area (Å²) < 4.78 is 10.1. The number of pyridine rings is 1. The first kappa shape index (κ1) is 14.6. The summed E-state index contributed by atoms with van der Waals surface area (Å²) >= 11 is 0. The zero-order valence-corrected chi connectivity index (χ0v) is 11.7. The lowest BCUT2D eigenvalue weighted by molar-refractivity contribution is 0.0520. The summed E-state index contributed by atoms with van der Waals surface area (Å²) in [6.45, 7) is 1.81. The summed E-state index contributed by atoms with van der Waals surface area (Å²) in [7, 11) is 1.38. The number of H-pyrrole nitrogens is 1. The summed E-state index contributed by atoms with van der Waals surface area (Å²) in [5.41, 5.74) is 0.462. The highest BCUT2D eigenvalue weighted by molar-refractivity contribution is 5.95. The lowest BCUT2D eigenvalue weighted by Crippen LogP contribution is -2.21. The first-order chi connectivity index (χ1) is 10.1. The van der Waals surface area contributed by atoms with Gasteiger partial charge in [0.2, 0.25) is 0 Å². The van der Waals surface area contributed by atoms with Crippen molar-refractivity contribution in [1.82, 2.24) is 4.98 Å². The van der Waals surface area contributed by atoms with Gasteiger partial charge >= 0.3 is 5.97 Å². The van der Waals surface area contributed by atoms with Gasteiger partial charge in [-0.1, -0.05) is 12.1 Å². The molecule has 1 heterocycles. The molecule has 0 spiro atoms. The molecule has 0 saturated heterocycles. The van der Waals surface area contributed by atoms with E-state index in [1.807, 2.05) is 0 Å². The van der Waals surface area contributed by atoms with Crippen molar-refractivity contribution in [3.8, 4) is 22.6 Å². The minimum atomic E-state index is -0.740. The molecule has 0 unspecified atom stereocenters. The van der Waals surface area contributed by atoms with E-state index in [9.17, 15) is 14.7 Å². The zero-order chi connectivity index (χ0) is 15.4. The van der Waals surface area contributed by atoms with Crippen LogP contribution < -0.4 is 10.3 Å². The third-order valence-electron chi connectivity index (χ3n) is 2.91. The zero-order valence-electron chi connectivity index (χ0n) is 11.7. The average molecular weight is 289 g/mol. The highest BCUT2D eigenvalue weighted by atomic mass is 16.5. The van der Waals surface area contributed by atoms with E-state index in [4.69, 9.17) is 9.47 Å². The fourth-order valence-electron chi connectivity index (χ4n) is 1.97. The van der Waals surface area contributed by atoms with Gasteiger partial charge in [-0.15, -0.1) is 0 Å². The van der Waals surface area contributed by atoms with Gasteiger partial charge in [-0.05, 0) is 24.6 Å². The average Bonchev–Trinajstić information content (AvgIpc) is 2.48. The fraction of sp³-hybridized carbons (Fsp3) is 0.200. The Morgan fingerprint density at radius 1 is 1.29 bits per heavy atom. The molecule has 0 aliphatic carbocycles. The van der Waals surface area contributed by atoms with Crippen molar-refractivity contribution in [1.29, 1.82) is 0 Å². The van der Waals surface area contributed by atoms with Gasteiger partial charge in [0.25, 0.3) is 5.56 Å². The number of hydrogen-bond donors (Lipinski definition) is 2. The predicted molar refractivity (Wildman–Crippen MR) is 76.7 cm³/mol. The number of esters is 1. The summed E-state index contributed by atoms with van der Waals surface area (Å²) in [5.74, 6) is -0.480. The molecule has 0 fully saturated rings. The Labute approximate surface area is 121 Å². The maximum absolute atomic E-state index is 11.9. The number of phenolic OH excluding ortho intramolecular Hbond substituents is 1. The number of aromatic nitrogens is 1. The van der Waals surface area contributed by atoms with E-state index in [0.29, 0.717) is 11.1 Å². The molecular formula is C15H15NO5. The molecule has 6 heteroatoms. The molecule has 6 nitrogen and oxygen atoms in total. The number of hydrogen-bond acceptors (Lipinski definition) is 5. The molecule has 2 rings (SSSR count). The minimum Gasteiger partial charge on any atom is -0.508 e. The molecule has 1 aromatic heterocycles. The molecule has 1 aromatic carbocycles. The SMILES string of the molecule is CCOC(=O)c1c(OC)c(-c2ccc(O)cc2)c[nH]c1=O. The summed E-state index contributed by atoms with van der Waals surface area (Å²) in [5, 5.41) is 9.32. The Bertz CT molecular complexity index is 703. The van der Waals surface area contributed by atoms with Crippen LogP contribution in [-0.4, -0.2) is 29.8 Å². The second-order valence-corrected chi connectivity index (χ2v) is 4.21. The van der Waals surface area contributed by atoms with Gasteiger partial charge in [0, 0.05) is 11.8 Å². The second kappa shape index (κ2) is 6.13. The second-order valence-electron chi connectivity index (χ2n) is 4.21. The van der Waals surface area contributed by atoms with Crippen molar-refractivity contribution in [3.05, 3.63) is 46.4 Å². The number of carbonyl (C=O) groups is 1. The molecule has 2 N–H and O–H groups in total. The van der Waals surface area contributed by atoms with E-state index in [-0.39, 0.29) is 23.7 Å². The van der Waals surface area contributed by atoms with E-state index in [1.165, 1.54) is 25.4 Å². The summed E-state index contributed by atoms with van der Waals surface area (Å²) in [6.07, 6.45) is 1.45. The van der Waals surface area contributed by atoms with Crippen LogP contribution >= 0.6 is 0 Å². The van der Waals surface area contributed by atoms with Crippen LogP contribution in [0.4, 0.5) is 0 Å². The first-order valence-corrected chi connectivity index (χ1v) is 6.34. The number of methoxy groups -OCH3 is 1. The van der Waals surface area contributed by atoms with Crippen LogP contribution in [0.25, 0.3) is 11.1 Å². The Hall–Kier alpha value is -2.76. The lowest BCUT2D eigenvalue weighted by Gasteiger charge is -2.12.